The van der Waals surface area contributed by atoms with Crippen molar-refractivity contribution in [3.05, 3.63) is 0 Å². The molecule has 2 nitrogen and oxygen atoms in total. The molecule has 2 fully saturated rings. The Hall–Kier alpha value is -0.0800. The molecule has 15 heavy (non-hydrogen) atoms. The van der Waals surface area contributed by atoms with Crippen LogP contribution in [-0.2, 0) is 0 Å². The van der Waals surface area contributed by atoms with Crippen LogP contribution in [0.3, 0.4) is 0 Å². The molecule has 0 aromatic heterocycles. The first kappa shape index (κ1) is 11.4. The highest BCUT2D eigenvalue weighted by Crippen LogP contribution is 2.40. The predicted molar refractivity (Wildman–Crippen MR) is 60.5 cm³/mol. The van der Waals surface area contributed by atoms with Crippen LogP contribution in [-0.4, -0.2) is 22.9 Å². The van der Waals surface area contributed by atoms with Gasteiger partial charge in [0.15, 0.2) is 0 Å². The Bertz CT molecular complexity index is 191. The molecule has 0 aromatic carbocycles. The van der Waals surface area contributed by atoms with Gasteiger partial charge < -0.3 is 10.2 Å². The lowest BCUT2D eigenvalue weighted by molar-refractivity contribution is 0.0410. The quantitative estimate of drug-likeness (QED) is 0.700. The van der Waals surface area contributed by atoms with Gasteiger partial charge in [0.05, 0.1) is 6.10 Å². The molecule has 0 bridgehead atoms. The Kier molecular flexibility index (Phi) is 4.04. The van der Waals surface area contributed by atoms with Crippen LogP contribution in [0.15, 0.2) is 0 Å². The summed E-state index contributed by atoms with van der Waals surface area (Å²) in [5.41, 5.74) is 0. The summed E-state index contributed by atoms with van der Waals surface area (Å²) in [7, 11) is 0. The van der Waals surface area contributed by atoms with Crippen molar-refractivity contribution in [2.75, 3.05) is 6.61 Å². The molecule has 88 valence electrons. The topological polar surface area (TPSA) is 40.5 Å². The second-order valence-electron chi connectivity index (χ2n) is 5.56. The van der Waals surface area contributed by atoms with E-state index in [4.69, 9.17) is 0 Å². The number of hydrogen-bond acceptors (Lipinski definition) is 2. The van der Waals surface area contributed by atoms with E-state index in [1.54, 1.807) is 0 Å². The zero-order chi connectivity index (χ0) is 10.7. The second kappa shape index (κ2) is 5.31. The first-order chi connectivity index (χ1) is 7.29. The highest BCUT2D eigenvalue weighted by atomic mass is 16.3. The summed E-state index contributed by atoms with van der Waals surface area (Å²) in [5, 5.41) is 19.0. The largest absolute Gasteiger partial charge is 0.396 e. The van der Waals surface area contributed by atoms with Crippen LogP contribution in [0.4, 0.5) is 0 Å². The Morgan fingerprint density at radius 2 is 1.67 bits per heavy atom. The summed E-state index contributed by atoms with van der Waals surface area (Å²) in [6.07, 6.45) is 9.45. The lowest BCUT2D eigenvalue weighted by Gasteiger charge is -2.37. The maximum absolute atomic E-state index is 9.71. The summed E-state index contributed by atoms with van der Waals surface area (Å²) >= 11 is 0. The minimum absolute atomic E-state index is 0.0648. The summed E-state index contributed by atoms with van der Waals surface area (Å²) in [6, 6.07) is 0. The molecule has 0 heterocycles. The fourth-order valence-corrected chi connectivity index (χ4v) is 3.52. The van der Waals surface area contributed by atoms with E-state index < -0.39 is 0 Å². The molecule has 0 saturated heterocycles. The molecule has 0 amide bonds. The number of aliphatic hydroxyl groups excluding tert-OH is 2. The molecular weight excluding hydrogens is 188 g/mol. The maximum atomic E-state index is 9.71. The Morgan fingerprint density at radius 1 is 0.867 bits per heavy atom. The molecule has 2 aliphatic rings. The Balaban J connectivity index is 1.96. The molecular formula is C13H24O2. The van der Waals surface area contributed by atoms with Crippen LogP contribution in [0.25, 0.3) is 0 Å². The fraction of sp³-hybridized carbons (Fsp3) is 1.00. The smallest absolute Gasteiger partial charge is 0.0543 e. The van der Waals surface area contributed by atoms with E-state index in [-0.39, 0.29) is 6.10 Å². The van der Waals surface area contributed by atoms with Crippen molar-refractivity contribution in [2.45, 2.75) is 57.5 Å². The molecule has 2 heteroatoms. The minimum atomic E-state index is -0.0648. The lowest BCUT2D eigenvalue weighted by atomic mass is 9.70. The average Bonchev–Trinajstić information content (AvgIpc) is 2.20. The van der Waals surface area contributed by atoms with Crippen molar-refractivity contribution < 1.29 is 10.2 Å². The average molecular weight is 212 g/mol. The van der Waals surface area contributed by atoms with Gasteiger partial charge in [0.1, 0.15) is 0 Å². The van der Waals surface area contributed by atoms with Crippen molar-refractivity contribution in [3.8, 4) is 0 Å². The van der Waals surface area contributed by atoms with Gasteiger partial charge in [0.2, 0.25) is 0 Å². The van der Waals surface area contributed by atoms with E-state index >= 15 is 0 Å². The monoisotopic (exact) mass is 212 g/mol. The van der Waals surface area contributed by atoms with Gasteiger partial charge >= 0.3 is 0 Å². The van der Waals surface area contributed by atoms with E-state index in [0.29, 0.717) is 18.4 Å². The van der Waals surface area contributed by atoms with Crippen molar-refractivity contribution >= 4 is 0 Å². The fourth-order valence-electron chi connectivity index (χ4n) is 3.52. The first-order valence-electron chi connectivity index (χ1n) is 6.58. The van der Waals surface area contributed by atoms with Crippen molar-refractivity contribution in [1.29, 1.82) is 0 Å². The van der Waals surface area contributed by atoms with Crippen LogP contribution in [0.2, 0.25) is 0 Å². The summed E-state index contributed by atoms with van der Waals surface area (Å²) < 4.78 is 0. The van der Waals surface area contributed by atoms with Gasteiger partial charge in [0, 0.05) is 6.61 Å². The van der Waals surface area contributed by atoms with Crippen molar-refractivity contribution in [1.82, 2.24) is 0 Å². The molecule has 2 aliphatic carbocycles. The van der Waals surface area contributed by atoms with Gasteiger partial charge in [-0.1, -0.05) is 19.3 Å². The van der Waals surface area contributed by atoms with E-state index in [1.165, 1.54) is 32.1 Å². The second-order valence-corrected chi connectivity index (χ2v) is 5.56. The van der Waals surface area contributed by atoms with Crippen LogP contribution in [0.1, 0.15) is 51.4 Å². The van der Waals surface area contributed by atoms with Gasteiger partial charge in [-0.2, -0.15) is 0 Å². The van der Waals surface area contributed by atoms with Gasteiger partial charge in [-0.05, 0) is 49.9 Å². The van der Waals surface area contributed by atoms with E-state index in [1.807, 2.05) is 0 Å². The molecule has 4 unspecified atom stereocenters. The summed E-state index contributed by atoms with van der Waals surface area (Å²) in [6.45, 7) is 0.347. The normalized spacial score (nSPS) is 42.8. The first-order valence-corrected chi connectivity index (χ1v) is 6.58. The highest BCUT2D eigenvalue weighted by molar-refractivity contribution is 4.83. The van der Waals surface area contributed by atoms with Gasteiger partial charge in [-0.25, -0.2) is 0 Å². The van der Waals surface area contributed by atoms with Crippen LogP contribution < -0.4 is 0 Å². The van der Waals surface area contributed by atoms with Gasteiger partial charge in [-0.15, -0.1) is 0 Å². The molecule has 4 atom stereocenters. The molecule has 0 aromatic rings. The zero-order valence-electron chi connectivity index (χ0n) is 9.57. The minimum Gasteiger partial charge on any atom is -0.396 e. The molecule has 2 saturated carbocycles. The van der Waals surface area contributed by atoms with Crippen LogP contribution in [0.5, 0.6) is 0 Å². The molecule has 0 spiro atoms. The maximum Gasteiger partial charge on any atom is 0.0543 e. The van der Waals surface area contributed by atoms with Gasteiger partial charge in [-0.3, -0.25) is 0 Å². The number of fused-ring (bicyclic) bond motifs is 1. The van der Waals surface area contributed by atoms with Crippen molar-refractivity contribution in [2.24, 2.45) is 17.8 Å². The van der Waals surface area contributed by atoms with Crippen LogP contribution >= 0.6 is 0 Å². The molecule has 2 rings (SSSR count). The predicted octanol–water partition coefficient (Wildman–Crippen LogP) is 2.34. The lowest BCUT2D eigenvalue weighted by Crippen LogP contribution is -2.31. The zero-order valence-corrected chi connectivity index (χ0v) is 9.57. The number of hydrogen-bond donors (Lipinski definition) is 2. The highest BCUT2D eigenvalue weighted by Gasteiger charge is 2.31. The SMILES string of the molecule is OCC1CCCCC2CCC(O)CC2C1. The molecule has 0 aliphatic heterocycles. The summed E-state index contributed by atoms with van der Waals surface area (Å²) in [4.78, 5) is 0. The third-order valence-electron chi connectivity index (χ3n) is 4.44. The molecule has 2 N–H and O–H groups in total. The van der Waals surface area contributed by atoms with Crippen molar-refractivity contribution in [3.63, 3.8) is 0 Å². The Morgan fingerprint density at radius 3 is 2.47 bits per heavy atom. The number of rotatable bonds is 1. The summed E-state index contributed by atoms with van der Waals surface area (Å²) in [5.74, 6) is 2.03. The van der Waals surface area contributed by atoms with Gasteiger partial charge in [0.25, 0.3) is 0 Å². The third kappa shape index (κ3) is 2.94. The Labute approximate surface area is 92.7 Å². The third-order valence-corrected chi connectivity index (χ3v) is 4.44. The molecule has 0 radical (unpaired) electrons. The van der Waals surface area contributed by atoms with E-state index in [2.05, 4.69) is 0 Å². The van der Waals surface area contributed by atoms with E-state index in [9.17, 15) is 10.2 Å². The van der Waals surface area contributed by atoms with Crippen LogP contribution in [0, 0.1) is 17.8 Å². The standard InChI is InChI=1S/C13H24O2/c14-9-10-3-1-2-4-11-5-6-13(15)8-12(11)7-10/h10-15H,1-9H2. The number of aliphatic hydroxyl groups is 2. The van der Waals surface area contributed by atoms with E-state index in [0.717, 1.165) is 25.2 Å².